The van der Waals surface area contributed by atoms with Gasteiger partial charge in [0, 0.05) is 11.8 Å². The van der Waals surface area contributed by atoms with Gasteiger partial charge in [0.05, 0.1) is 11.5 Å². The fraction of sp³-hybridized carbons (Fsp3) is 0.294. The second-order valence-electron chi connectivity index (χ2n) is 6.10. The highest BCUT2D eigenvalue weighted by molar-refractivity contribution is 7.90. The zero-order chi connectivity index (χ0) is 22.1. The van der Waals surface area contributed by atoms with Crippen molar-refractivity contribution >= 4 is 27.3 Å². The number of esters is 1. The van der Waals surface area contributed by atoms with E-state index in [2.05, 4.69) is 14.5 Å². The minimum absolute atomic E-state index is 0.0668. The number of alkyl halides is 3. The van der Waals surface area contributed by atoms with Crippen molar-refractivity contribution in [3.05, 3.63) is 36.0 Å². The number of nitrogens with zero attached hydrogens (tertiary/aromatic N) is 4. The van der Waals surface area contributed by atoms with E-state index in [0.29, 0.717) is 10.6 Å². The molecule has 0 saturated carbocycles. The first-order valence-corrected chi connectivity index (χ1v) is 11.1. The van der Waals surface area contributed by atoms with Crippen LogP contribution >= 0.6 is 11.5 Å². The molecule has 0 fully saturated rings. The SMILES string of the molecule is CCOC(=O)Cn1nc(C(F)(F)F)cc1-c1nsc(-c2cccc(S(C)(=O)=O)c2)n1. The number of benzene rings is 1. The highest BCUT2D eigenvalue weighted by Crippen LogP contribution is 2.33. The van der Waals surface area contributed by atoms with E-state index < -0.39 is 34.2 Å². The van der Waals surface area contributed by atoms with E-state index in [1.807, 2.05) is 0 Å². The van der Waals surface area contributed by atoms with Gasteiger partial charge in [-0.1, -0.05) is 12.1 Å². The van der Waals surface area contributed by atoms with Gasteiger partial charge in [-0.05, 0) is 36.7 Å². The number of hydrogen-bond donors (Lipinski definition) is 0. The molecule has 0 spiro atoms. The maximum Gasteiger partial charge on any atom is 0.435 e. The predicted octanol–water partition coefficient (Wildman–Crippen LogP) is 3.05. The third kappa shape index (κ3) is 4.84. The van der Waals surface area contributed by atoms with E-state index in [9.17, 15) is 26.4 Å². The summed E-state index contributed by atoms with van der Waals surface area (Å²) in [6, 6.07) is 6.70. The molecular weight excluding hydrogens is 445 g/mol. The summed E-state index contributed by atoms with van der Waals surface area (Å²) in [5.41, 5.74) is -0.872. The molecule has 0 aliphatic heterocycles. The zero-order valence-corrected chi connectivity index (χ0v) is 17.3. The van der Waals surface area contributed by atoms with Gasteiger partial charge in [-0.15, -0.1) is 0 Å². The summed E-state index contributed by atoms with van der Waals surface area (Å²) in [4.78, 5) is 16.0. The Kier molecular flexibility index (Phi) is 5.94. The lowest BCUT2D eigenvalue weighted by molar-refractivity contribution is -0.146. The Bertz CT molecular complexity index is 1190. The number of carbonyl (C=O) groups is 1. The minimum Gasteiger partial charge on any atom is -0.465 e. The van der Waals surface area contributed by atoms with E-state index in [4.69, 9.17) is 4.74 Å². The zero-order valence-electron chi connectivity index (χ0n) is 15.7. The van der Waals surface area contributed by atoms with Crippen molar-refractivity contribution in [1.82, 2.24) is 19.1 Å². The molecule has 0 N–H and O–H groups in total. The van der Waals surface area contributed by atoms with Crippen molar-refractivity contribution in [3.8, 4) is 22.1 Å². The minimum atomic E-state index is -4.72. The van der Waals surface area contributed by atoms with E-state index in [0.717, 1.165) is 28.5 Å². The molecular formula is C17H15F3N4O4S2. The van der Waals surface area contributed by atoms with E-state index in [-0.39, 0.29) is 23.0 Å². The molecule has 160 valence electrons. The maximum atomic E-state index is 13.1. The third-order valence-electron chi connectivity index (χ3n) is 3.82. The van der Waals surface area contributed by atoms with Crippen LogP contribution in [-0.2, 0) is 32.1 Å². The van der Waals surface area contributed by atoms with Crippen LogP contribution in [0.2, 0.25) is 0 Å². The smallest absolute Gasteiger partial charge is 0.435 e. The molecule has 3 rings (SSSR count). The van der Waals surface area contributed by atoms with Crippen LogP contribution in [0.15, 0.2) is 35.2 Å². The average molecular weight is 460 g/mol. The van der Waals surface area contributed by atoms with Gasteiger partial charge in [0.1, 0.15) is 17.2 Å². The molecule has 2 heterocycles. The molecule has 3 aromatic rings. The van der Waals surface area contributed by atoms with Crippen molar-refractivity contribution < 1.29 is 31.1 Å². The summed E-state index contributed by atoms with van der Waals surface area (Å²) in [7, 11) is -3.45. The monoisotopic (exact) mass is 460 g/mol. The molecule has 0 aliphatic carbocycles. The Labute approximate surface area is 173 Å². The van der Waals surface area contributed by atoms with Crippen LogP contribution < -0.4 is 0 Å². The van der Waals surface area contributed by atoms with E-state index in [1.54, 1.807) is 13.0 Å². The predicted molar refractivity (Wildman–Crippen MR) is 101 cm³/mol. The number of rotatable bonds is 6. The third-order valence-corrected chi connectivity index (χ3v) is 5.69. The van der Waals surface area contributed by atoms with Gasteiger partial charge in [-0.2, -0.15) is 22.6 Å². The molecule has 2 aromatic heterocycles. The Morgan fingerprint density at radius 3 is 2.63 bits per heavy atom. The summed E-state index contributed by atoms with van der Waals surface area (Å²) in [6.45, 7) is 1.09. The van der Waals surface area contributed by atoms with Crippen LogP contribution in [0.5, 0.6) is 0 Å². The lowest BCUT2D eigenvalue weighted by Crippen LogP contribution is -2.16. The molecule has 8 nitrogen and oxygen atoms in total. The van der Waals surface area contributed by atoms with Gasteiger partial charge in [0.25, 0.3) is 0 Å². The standard InChI is InChI=1S/C17H15F3N4O4S2/c1-3-28-14(25)9-24-12(8-13(22-24)17(18,19)20)15-21-16(29-23-15)10-5-4-6-11(7-10)30(2,26)27/h4-8H,3,9H2,1-2H3. The molecule has 0 saturated heterocycles. The van der Waals surface area contributed by atoms with Crippen molar-refractivity contribution in [1.29, 1.82) is 0 Å². The van der Waals surface area contributed by atoms with Crippen LogP contribution in [-0.4, -0.2) is 46.4 Å². The number of hydrogen-bond acceptors (Lipinski definition) is 8. The van der Waals surface area contributed by atoms with E-state index in [1.165, 1.54) is 18.2 Å². The summed E-state index contributed by atoms with van der Waals surface area (Å²) in [6.07, 6.45) is -3.67. The first-order valence-electron chi connectivity index (χ1n) is 8.44. The number of halogens is 3. The lowest BCUT2D eigenvalue weighted by Gasteiger charge is -2.05. The largest absolute Gasteiger partial charge is 0.465 e. The highest BCUT2D eigenvalue weighted by atomic mass is 32.2. The Balaban J connectivity index is 2.02. The molecule has 0 unspecified atom stereocenters. The lowest BCUT2D eigenvalue weighted by atomic mass is 10.2. The van der Waals surface area contributed by atoms with Crippen LogP contribution in [0.4, 0.5) is 13.2 Å². The molecule has 0 bridgehead atoms. The summed E-state index contributed by atoms with van der Waals surface area (Å²) >= 11 is 0.877. The van der Waals surface area contributed by atoms with Gasteiger partial charge >= 0.3 is 12.1 Å². The number of carbonyl (C=O) groups excluding carboxylic acids is 1. The van der Waals surface area contributed by atoms with Crippen LogP contribution in [0.3, 0.4) is 0 Å². The van der Waals surface area contributed by atoms with Gasteiger partial charge in [-0.3, -0.25) is 4.79 Å². The molecule has 0 amide bonds. The van der Waals surface area contributed by atoms with Crippen LogP contribution in [0.1, 0.15) is 12.6 Å². The first kappa shape index (κ1) is 21.9. The van der Waals surface area contributed by atoms with Crippen LogP contribution in [0, 0.1) is 0 Å². The number of sulfone groups is 1. The van der Waals surface area contributed by atoms with Gasteiger partial charge < -0.3 is 4.74 Å². The second-order valence-corrected chi connectivity index (χ2v) is 8.87. The molecule has 13 heteroatoms. The van der Waals surface area contributed by atoms with Crippen molar-refractivity contribution in [2.24, 2.45) is 0 Å². The van der Waals surface area contributed by atoms with Crippen molar-refractivity contribution in [2.75, 3.05) is 12.9 Å². The molecule has 30 heavy (non-hydrogen) atoms. The van der Waals surface area contributed by atoms with Gasteiger partial charge in [0.2, 0.25) is 0 Å². The van der Waals surface area contributed by atoms with Crippen LogP contribution in [0.25, 0.3) is 22.1 Å². The molecule has 0 radical (unpaired) electrons. The topological polar surface area (TPSA) is 104 Å². The Morgan fingerprint density at radius 2 is 2.00 bits per heavy atom. The number of ether oxygens (including phenoxy) is 1. The molecule has 0 atom stereocenters. The fourth-order valence-corrected chi connectivity index (χ4v) is 3.82. The van der Waals surface area contributed by atoms with E-state index >= 15 is 0 Å². The highest BCUT2D eigenvalue weighted by Gasteiger charge is 2.36. The quantitative estimate of drug-likeness (QED) is 0.521. The summed E-state index contributed by atoms with van der Waals surface area (Å²) in [5.74, 6) is -0.834. The van der Waals surface area contributed by atoms with Gasteiger partial charge in [-0.25, -0.2) is 18.1 Å². The fourth-order valence-electron chi connectivity index (χ4n) is 2.49. The Morgan fingerprint density at radius 1 is 1.27 bits per heavy atom. The first-order chi connectivity index (χ1) is 14.0. The average Bonchev–Trinajstić information content (AvgIpc) is 3.28. The van der Waals surface area contributed by atoms with Crippen molar-refractivity contribution in [2.45, 2.75) is 24.5 Å². The summed E-state index contributed by atoms with van der Waals surface area (Å²) < 4.78 is 72.5. The molecule has 1 aromatic carbocycles. The summed E-state index contributed by atoms with van der Waals surface area (Å²) in [5, 5.41) is 3.74. The molecule has 0 aliphatic rings. The Hall–Kier alpha value is -2.80. The maximum absolute atomic E-state index is 13.1. The second kappa shape index (κ2) is 8.14. The van der Waals surface area contributed by atoms with Gasteiger partial charge in [0.15, 0.2) is 21.4 Å². The normalized spacial score (nSPS) is 12.2. The van der Waals surface area contributed by atoms with Crippen molar-refractivity contribution in [3.63, 3.8) is 0 Å². The number of aromatic nitrogens is 4.